The van der Waals surface area contributed by atoms with Gasteiger partial charge in [0, 0.05) is 11.8 Å². The molecular weight excluding hydrogens is 358 g/mol. The number of carbonyl (C=O) groups excluding carboxylic acids is 2. The second kappa shape index (κ2) is 8.81. The van der Waals surface area contributed by atoms with Crippen LogP contribution in [0.1, 0.15) is 26.2 Å². The first-order valence-corrected chi connectivity index (χ1v) is 8.83. The summed E-state index contributed by atoms with van der Waals surface area (Å²) in [5.74, 6) is -0.834. The highest BCUT2D eigenvalue weighted by Crippen LogP contribution is 2.29. The SMILES string of the molecule is C=CC1=CN([C@@H]2O[C@H](CO)[C@@H](O)[C@H]2O)C(=O)NC1(N)C(=O)OCCCCC. The molecule has 0 aromatic heterocycles. The van der Waals surface area contributed by atoms with Crippen molar-refractivity contribution in [3.63, 3.8) is 0 Å². The van der Waals surface area contributed by atoms with Crippen molar-refractivity contribution < 1.29 is 34.4 Å². The first-order valence-electron chi connectivity index (χ1n) is 8.83. The molecule has 2 aliphatic rings. The Morgan fingerprint density at radius 1 is 1.48 bits per heavy atom. The fraction of sp³-hybridized carbons (Fsp3) is 0.647. The van der Waals surface area contributed by atoms with Crippen LogP contribution in [-0.2, 0) is 14.3 Å². The molecule has 0 radical (unpaired) electrons. The van der Waals surface area contributed by atoms with Gasteiger partial charge in [0.25, 0.3) is 0 Å². The molecule has 0 saturated carbocycles. The molecular formula is C17H27N3O7. The molecule has 27 heavy (non-hydrogen) atoms. The minimum absolute atomic E-state index is 0.125. The van der Waals surface area contributed by atoms with Crippen molar-refractivity contribution in [1.29, 1.82) is 0 Å². The zero-order valence-corrected chi connectivity index (χ0v) is 15.2. The van der Waals surface area contributed by atoms with Gasteiger partial charge in [0.05, 0.1) is 13.2 Å². The molecule has 0 spiro atoms. The van der Waals surface area contributed by atoms with Gasteiger partial charge in [0.15, 0.2) is 6.23 Å². The van der Waals surface area contributed by atoms with Crippen molar-refractivity contribution in [2.45, 2.75) is 56.4 Å². The van der Waals surface area contributed by atoms with Gasteiger partial charge < -0.3 is 30.1 Å². The molecule has 2 amide bonds. The maximum absolute atomic E-state index is 12.5. The highest BCUT2D eigenvalue weighted by Gasteiger charge is 2.51. The van der Waals surface area contributed by atoms with Crippen LogP contribution in [0.25, 0.3) is 0 Å². The number of carbonyl (C=O) groups is 2. The van der Waals surface area contributed by atoms with Gasteiger partial charge >= 0.3 is 12.0 Å². The predicted octanol–water partition coefficient (Wildman–Crippen LogP) is -1.09. The van der Waals surface area contributed by atoms with E-state index in [1.165, 1.54) is 12.3 Å². The van der Waals surface area contributed by atoms with E-state index in [2.05, 4.69) is 11.9 Å². The lowest BCUT2D eigenvalue weighted by Gasteiger charge is -2.39. The van der Waals surface area contributed by atoms with Crippen LogP contribution in [-0.4, -0.2) is 75.6 Å². The number of unbranched alkanes of at least 4 members (excludes halogenated alkanes) is 2. The minimum atomic E-state index is -1.93. The Balaban J connectivity index is 2.19. The molecule has 0 aliphatic carbocycles. The third-order valence-corrected chi connectivity index (χ3v) is 4.59. The molecule has 10 nitrogen and oxygen atoms in total. The van der Waals surface area contributed by atoms with Crippen molar-refractivity contribution in [1.82, 2.24) is 10.2 Å². The van der Waals surface area contributed by atoms with Gasteiger partial charge in [-0.2, -0.15) is 0 Å². The van der Waals surface area contributed by atoms with E-state index in [0.29, 0.717) is 6.42 Å². The number of hydrogen-bond acceptors (Lipinski definition) is 8. The quantitative estimate of drug-likeness (QED) is 0.261. The number of aliphatic hydroxyl groups excluding tert-OH is 3. The van der Waals surface area contributed by atoms with Gasteiger partial charge in [0.1, 0.15) is 18.3 Å². The first-order chi connectivity index (χ1) is 12.8. The Morgan fingerprint density at radius 3 is 2.74 bits per heavy atom. The number of nitrogens with two attached hydrogens (primary N) is 1. The van der Waals surface area contributed by atoms with Crippen molar-refractivity contribution in [2.24, 2.45) is 5.73 Å². The second-order valence-corrected chi connectivity index (χ2v) is 6.51. The molecule has 2 aliphatic heterocycles. The lowest BCUT2D eigenvalue weighted by molar-refractivity contribution is -0.150. The third-order valence-electron chi connectivity index (χ3n) is 4.59. The Hall–Kier alpha value is -1.98. The van der Waals surface area contributed by atoms with Crippen LogP contribution >= 0.6 is 0 Å². The van der Waals surface area contributed by atoms with Crippen LogP contribution in [0, 0.1) is 0 Å². The Labute approximate surface area is 157 Å². The molecule has 6 N–H and O–H groups in total. The summed E-state index contributed by atoms with van der Waals surface area (Å²) in [6.45, 7) is 5.25. The lowest BCUT2D eigenvalue weighted by atomic mass is 9.99. The second-order valence-electron chi connectivity index (χ2n) is 6.51. The van der Waals surface area contributed by atoms with E-state index in [4.69, 9.17) is 15.2 Å². The molecule has 1 saturated heterocycles. The van der Waals surface area contributed by atoms with E-state index in [1.54, 1.807) is 0 Å². The Kier molecular flexibility index (Phi) is 6.95. The molecule has 1 fully saturated rings. The highest BCUT2D eigenvalue weighted by atomic mass is 16.6. The van der Waals surface area contributed by atoms with Crippen molar-refractivity contribution >= 4 is 12.0 Å². The van der Waals surface area contributed by atoms with E-state index < -0.39 is 48.8 Å². The Bertz CT molecular complexity index is 611. The molecule has 2 rings (SSSR count). The highest BCUT2D eigenvalue weighted by molar-refractivity contribution is 5.93. The summed E-state index contributed by atoms with van der Waals surface area (Å²) in [7, 11) is 0. The average Bonchev–Trinajstić information content (AvgIpc) is 2.93. The number of nitrogens with one attached hydrogen (secondary N) is 1. The predicted molar refractivity (Wildman–Crippen MR) is 93.8 cm³/mol. The van der Waals surface area contributed by atoms with Gasteiger partial charge in [-0.1, -0.05) is 32.4 Å². The van der Waals surface area contributed by atoms with Crippen LogP contribution in [0.3, 0.4) is 0 Å². The topological polar surface area (TPSA) is 155 Å². The fourth-order valence-corrected chi connectivity index (χ4v) is 2.93. The van der Waals surface area contributed by atoms with Crippen LogP contribution in [0.4, 0.5) is 4.79 Å². The number of hydrogen-bond donors (Lipinski definition) is 5. The van der Waals surface area contributed by atoms with Crippen molar-refractivity contribution in [3.8, 4) is 0 Å². The van der Waals surface area contributed by atoms with Gasteiger partial charge in [0.2, 0.25) is 5.66 Å². The standard InChI is InChI=1S/C17H27N3O7/c1-3-5-6-7-26-15(24)17(18)10(4-2)8-20(16(25)19-17)14-13(23)12(22)11(9-21)27-14/h4,8,11-14,21-23H,2-3,5-7,9,18H2,1H3,(H,19,25)/t11-,12-,13-,14-,17?/m1/s1. The first kappa shape index (κ1) is 21.3. The molecule has 0 aromatic rings. The van der Waals surface area contributed by atoms with Crippen LogP contribution in [0.15, 0.2) is 24.4 Å². The van der Waals surface area contributed by atoms with Gasteiger partial charge in [-0.15, -0.1) is 0 Å². The molecule has 152 valence electrons. The number of esters is 1. The molecule has 0 aromatic carbocycles. The third kappa shape index (κ3) is 4.14. The molecule has 5 atom stereocenters. The number of rotatable bonds is 8. The summed E-state index contributed by atoms with van der Waals surface area (Å²) in [5, 5.41) is 31.5. The number of nitrogens with zero attached hydrogens (tertiary/aromatic N) is 1. The summed E-state index contributed by atoms with van der Waals surface area (Å²) < 4.78 is 10.5. The monoisotopic (exact) mass is 385 g/mol. The van der Waals surface area contributed by atoms with Gasteiger partial charge in [-0.05, 0) is 6.42 Å². The summed E-state index contributed by atoms with van der Waals surface area (Å²) in [5.41, 5.74) is 4.27. The fourth-order valence-electron chi connectivity index (χ4n) is 2.93. The number of amides is 2. The van der Waals surface area contributed by atoms with E-state index in [9.17, 15) is 24.9 Å². The molecule has 1 unspecified atom stereocenters. The zero-order valence-electron chi connectivity index (χ0n) is 15.2. The van der Waals surface area contributed by atoms with E-state index in [1.807, 2.05) is 6.92 Å². The van der Waals surface area contributed by atoms with Crippen molar-refractivity contribution in [3.05, 3.63) is 24.4 Å². The summed E-state index contributed by atoms with van der Waals surface area (Å²) in [6, 6.07) is -0.830. The largest absolute Gasteiger partial charge is 0.463 e. The maximum atomic E-state index is 12.5. The summed E-state index contributed by atoms with van der Waals surface area (Å²) in [4.78, 5) is 25.9. The van der Waals surface area contributed by atoms with Gasteiger partial charge in [-0.25, -0.2) is 9.59 Å². The average molecular weight is 385 g/mol. The molecule has 0 bridgehead atoms. The number of aliphatic hydroxyl groups is 3. The van der Waals surface area contributed by atoms with E-state index in [0.717, 1.165) is 17.7 Å². The zero-order chi connectivity index (χ0) is 20.2. The summed E-state index contributed by atoms with van der Waals surface area (Å²) >= 11 is 0. The normalized spacial score (nSPS) is 33.4. The summed E-state index contributed by atoms with van der Waals surface area (Å²) in [6.07, 6.45) is -0.138. The smallest absolute Gasteiger partial charge is 0.351 e. The Morgan fingerprint density at radius 2 is 2.19 bits per heavy atom. The van der Waals surface area contributed by atoms with Crippen LogP contribution < -0.4 is 11.1 Å². The van der Waals surface area contributed by atoms with Crippen LogP contribution in [0.2, 0.25) is 0 Å². The molecule has 10 heteroatoms. The maximum Gasteiger partial charge on any atom is 0.351 e. The van der Waals surface area contributed by atoms with Crippen LogP contribution in [0.5, 0.6) is 0 Å². The number of urea groups is 1. The van der Waals surface area contributed by atoms with E-state index in [-0.39, 0.29) is 12.2 Å². The van der Waals surface area contributed by atoms with E-state index >= 15 is 0 Å². The number of ether oxygens (including phenoxy) is 2. The van der Waals surface area contributed by atoms with Gasteiger partial charge in [-0.3, -0.25) is 10.6 Å². The minimum Gasteiger partial charge on any atom is -0.463 e. The lowest BCUT2D eigenvalue weighted by Crippen LogP contribution is -2.68. The molecule has 2 heterocycles. The van der Waals surface area contributed by atoms with Crippen molar-refractivity contribution in [2.75, 3.05) is 13.2 Å².